The van der Waals surface area contributed by atoms with Crippen molar-refractivity contribution >= 4 is 12.1 Å². The molecule has 6 heteroatoms. The van der Waals surface area contributed by atoms with Crippen molar-refractivity contribution in [3.05, 3.63) is 11.8 Å². The number of nitrogens with one attached hydrogen (secondary N) is 1. The van der Waals surface area contributed by atoms with Crippen LogP contribution < -0.4 is 5.32 Å². The highest BCUT2D eigenvalue weighted by Gasteiger charge is 2.24. The summed E-state index contributed by atoms with van der Waals surface area (Å²) in [5, 5.41) is 2.81. The number of carbonyl (C=O) groups is 2. The first kappa shape index (κ1) is 16.3. The van der Waals surface area contributed by atoms with Gasteiger partial charge in [-0.1, -0.05) is 26.3 Å². The summed E-state index contributed by atoms with van der Waals surface area (Å²) >= 11 is 0. The number of methoxy groups -OCH3 is 1. The Hall–Kier alpha value is -1.72. The van der Waals surface area contributed by atoms with Crippen LogP contribution in [0.15, 0.2) is 11.8 Å². The van der Waals surface area contributed by atoms with E-state index >= 15 is 0 Å². The molecular weight excluding hydrogens is 258 g/mol. The van der Waals surface area contributed by atoms with Crippen LogP contribution in [0, 0.1) is 5.41 Å². The standard InChI is InChI=1S/C14H25N3O3/c1-11(14(2,3)4)10-15-12(18)16-6-8-17(9-7-16)13(19)20-5/h10H,6-9H2,1-5H3,(H,15,18)/b11-10+. The van der Waals surface area contributed by atoms with E-state index in [0.29, 0.717) is 26.2 Å². The van der Waals surface area contributed by atoms with Gasteiger partial charge in [-0.15, -0.1) is 0 Å². The third-order valence-corrected chi connectivity index (χ3v) is 3.59. The van der Waals surface area contributed by atoms with Crippen molar-refractivity contribution in [1.29, 1.82) is 0 Å². The van der Waals surface area contributed by atoms with Crippen LogP contribution in [-0.4, -0.2) is 55.2 Å². The monoisotopic (exact) mass is 283 g/mol. The maximum atomic E-state index is 12.0. The van der Waals surface area contributed by atoms with Crippen LogP contribution in [0.1, 0.15) is 27.7 Å². The molecule has 114 valence electrons. The largest absolute Gasteiger partial charge is 0.453 e. The summed E-state index contributed by atoms with van der Waals surface area (Å²) in [6, 6.07) is -0.127. The second kappa shape index (κ2) is 6.63. The van der Waals surface area contributed by atoms with Gasteiger partial charge >= 0.3 is 12.1 Å². The van der Waals surface area contributed by atoms with Gasteiger partial charge in [-0.3, -0.25) is 0 Å². The molecule has 1 aliphatic rings. The Morgan fingerprint density at radius 3 is 2.05 bits per heavy atom. The van der Waals surface area contributed by atoms with E-state index in [0.717, 1.165) is 5.57 Å². The van der Waals surface area contributed by atoms with Crippen molar-refractivity contribution in [2.45, 2.75) is 27.7 Å². The third-order valence-electron chi connectivity index (χ3n) is 3.59. The Bertz CT molecular complexity index is 391. The van der Waals surface area contributed by atoms with Crippen LogP contribution in [0.2, 0.25) is 0 Å². The molecule has 0 aromatic heterocycles. The van der Waals surface area contributed by atoms with Crippen molar-refractivity contribution in [2.24, 2.45) is 5.41 Å². The predicted molar refractivity (Wildman–Crippen MR) is 77.3 cm³/mol. The number of carbonyl (C=O) groups excluding carboxylic acids is 2. The van der Waals surface area contributed by atoms with E-state index in [2.05, 4.69) is 30.8 Å². The minimum absolute atomic E-state index is 0.0386. The Balaban J connectivity index is 2.46. The molecule has 0 unspecified atom stereocenters. The predicted octanol–water partition coefficient (Wildman–Crippen LogP) is 2.03. The highest BCUT2D eigenvalue weighted by Crippen LogP contribution is 2.23. The molecule has 0 spiro atoms. The molecule has 1 fully saturated rings. The van der Waals surface area contributed by atoms with Gasteiger partial charge in [0, 0.05) is 32.4 Å². The smallest absolute Gasteiger partial charge is 0.409 e. The Labute approximate surface area is 120 Å². The van der Waals surface area contributed by atoms with Gasteiger partial charge in [0.15, 0.2) is 0 Å². The van der Waals surface area contributed by atoms with E-state index in [1.807, 2.05) is 6.92 Å². The van der Waals surface area contributed by atoms with Gasteiger partial charge in [-0.2, -0.15) is 0 Å². The van der Waals surface area contributed by atoms with E-state index in [9.17, 15) is 9.59 Å². The van der Waals surface area contributed by atoms with Crippen LogP contribution in [0.4, 0.5) is 9.59 Å². The van der Waals surface area contributed by atoms with Crippen molar-refractivity contribution in [2.75, 3.05) is 33.3 Å². The second-order valence-electron chi connectivity index (χ2n) is 5.97. The molecule has 0 aromatic carbocycles. The Morgan fingerprint density at radius 1 is 1.10 bits per heavy atom. The first-order chi connectivity index (χ1) is 9.25. The summed E-state index contributed by atoms with van der Waals surface area (Å²) in [4.78, 5) is 26.7. The summed E-state index contributed by atoms with van der Waals surface area (Å²) in [5.74, 6) is 0. The van der Waals surface area contributed by atoms with Crippen LogP contribution in [0.25, 0.3) is 0 Å². The van der Waals surface area contributed by atoms with Gasteiger partial charge in [0.2, 0.25) is 0 Å². The number of hydrogen-bond acceptors (Lipinski definition) is 3. The van der Waals surface area contributed by atoms with Crippen molar-refractivity contribution in [1.82, 2.24) is 15.1 Å². The molecule has 3 amide bonds. The molecule has 6 nitrogen and oxygen atoms in total. The fraction of sp³-hybridized carbons (Fsp3) is 0.714. The first-order valence-corrected chi connectivity index (χ1v) is 6.81. The number of urea groups is 1. The Kier molecular flexibility index (Phi) is 5.42. The molecule has 1 N–H and O–H groups in total. The van der Waals surface area contributed by atoms with Crippen LogP contribution in [-0.2, 0) is 4.74 Å². The fourth-order valence-electron chi connectivity index (χ4n) is 1.70. The van der Waals surface area contributed by atoms with Crippen LogP contribution in [0.5, 0.6) is 0 Å². The molecule has 0 bridgehead atoms. The molecule has 0 radical (unpaired) electrons. The second-order valence-corrected chi connectivity index (χ2v) is 5.97. The normalized spacial score (nSPS) is 16.9. The lowest BCUT2D eigenvalue weighted by Crippen LogP contribution is -2.52. The lowest BCUT2D eigenvalue weighted by Gasteiger charge is -2.33. The zero-order valence-electron chi connectivity index (χ0n) is 13.0. The summed E-state index contributed by atoms with van der Waals surface area (Å²) < 4.78 is 4.66. The SMILES string of the molecule is COC(=O)N1CCN(C(=O)N/C=C(\C)C(C)(C)C)CC1. The molecular formula is C14H25N3O3. The highest BCUT2D eigenvalue weighted by molar-refractivity contribution is 5.76. The van der Waals surface area contributed by atoms with Crippen LogP contribution >= 0.6 is 0 Å². The lowest BCUT2D eigenvalue weighted by atomic mass is 9.88. The number of hydrogen-bond donors (Lipinski definition) is 1. The van der Waals surface area contributed by atoms with Crippen molar-refractivity contribution < 1.29 is 14.3 Å². The molecule has 0 aliphatic carbocycles. The average molecular weight is 283 g/mol. The fourth-order valence-corrected chi connectivity index (χ4v) is 1.70. The van der Waals surface area contributed by atoms with Gasteiger partial charge in [0.05, 0.1) is 7.11 Å². The van der Waals surface area contributed by atoms with Gasteiger partial charge in [-0.25, -0.2) is 9.59 Å². The minimum atomic E-state index is -0.339. The summed E-state index contributed by atoms with van der Waals surface area (Å²) in [6.45, 7) is 10.3. The topological polar surface area (TPSA) is 61.9 Å². The van der Waals surface area contributed by atoms with Gasteiger partial charge < -0.3 is 19.9 Å². The van der Waals surface area contributed by atoms with Crippen molar-refractivity contribution in [3.63, 3.8) is 0 Å². The Morgan fingerprint density at radius 2 is 1.60 bits per heavy atom. The molecule has 0 saturated carbocycles. The van der Waals surface area contributed by atoms with Crippen molar-refractivity contribution in [3.8, 4) is 0 Å². The van der Waals surface area contributed by atoms with E-state index in [-0.39, 0.29) is 17.5 Å². The number of allylic oxidation sites excluding steroid dienone is 1. The van der Waals surface area contributed by atoms with E-state index in [1.165, 1.54) is 7.11 Å². The molecule has 1 aliphatic heterocycles. The molecule has 0 aromatic rings. The number of rotatable bonds is 1. The average Bonchev–Trinajstić information content (AvgIpc) is 2.42. The van der Waals surface area contributed by atoms with Gasteiger partial charge in [0.1, 0.15) is 0 Å². The summed E-state index contributed by atoms with van der Waals surface area (Å²) in [6.07, 6.45) is 1.42. The lowest BCUT2D eigenvalue weighted by molar-refractivity contribution is 0.0976. The number of amides is 3. The number of piperazine rings is 1. The summed E-state index contributed by atoms with van der Waals surface area (Å²) in [5.41, 5.74) is 1.15. The molecule has 1 heterocycles. The number of ether oxygens (including phenoxy) is 1. The van der Waals surface area contributed by atoms with E-state index in [4.69, 9.17) is 0 Å². The molecule has 1 rings (SSSR count). The quantitative estimate of drug-likeness (QED) is 0.801. The molecule has 1 saturated heterocycles. The maximum Gasteiger partial charge on any atom is 0.409 e. The first-order valence-electron chi connectivity index (χ1n) is 6.81. The molecule has 20 heavy (non-hydrogen) atoms. The number of nitrogens with zero attached hydrogens (tertiary/aromatic N) is 2. The van der Waals surface area contributed by atoms with Crippen LogP contribution in [0.3, 0.4) is 0 Å². The maximum absolute atomic E-state index is 12.0. The van der Waals surface area contributed by atoms with E-state index in [1.54, 1.807) is 16.0 Å². The zero-order chi connectivity index (χ0) is 15.3. The van der Waals surface area contributed by atoms with Gasteiger partial charge in [-0.05, 0) is 12.3 Å². The zero-order valence-corrected chi connectivity index (χ0v) is 13.0. The molecule has 0 atom stereocenters. The van der Waals surface area contributed by atoms with Gasteiger partial charge in [0.25, 0.3) is 0 Å². The highest BCUT2D eigenvalue weighted by atomic mass is 16.5. The van der Waals surface area contributed by atoms with E-state index < -0.39 is 0 Å². The minimum Gasteiger partial charge on any atom is -0.453 e. The third kappa shape index (κ3) is 4.43. The summed E-state index contributed by atoms with van der Waals surface area (Å²) in [7, 11) is 1.36.